The van der Waals surface area contributed by atoms with Crippen LogP contribution in [0.25, 0.3) is 0 Å². The molecule has 0 aromatic heterocycles. The molecule has 0 spiro atoms. The zero-order chi connectivity index (χ0) is 15.5. The summed E-state index contributed by atoms with van der Waals surface area (Å²) in [6.45, 7) is -0.147. The molecule has 0 amide bonds. The van der Waals surface area contributed by atoms with E-state index in [9.17, 15) is 14.9 Å². The Morgan fingerprint density at radius 3 is 2.68 bits per heavy atom. The Morgan fingerprint density at radius 2 is 1.95 bits per heavy atom. The molecule has 1 atom stereocenters. The predicted octanol–water partition coefficient (Wildman–Crippen LogP) is 3.07. The molecule has 2 aliphatic rings. The number of hydrogen-bond donors (Lipinski definition) is 0. The number of fused-ring (bicyclic) bond motifs is 1. The van der Waals surface area contributed by atoms with Gasteiger partial charge in [0.25, 0.3) is 0 Å². The molecule has 118 valence electrons. The first-order valence-electron chi connectivity index (χ1n) is 7.71. The lowest BCUT2D eigenvalue weighted by Gasteiger charge is -2.27. The Bertz CT molecular complexity index is 580. The Morgan fingerprint density at radius 1 is 1.23 bits per heavy atom. The molecule has 0 radical (unpaired) electrons. The monoisotopic (exact) mass is 305 g/mol. The van der Waals surface area contributed by atoms with Crippen molar-refractivity contribution >= 4 is 5.78 Å². The van der Waals surface area contributed by atoms with Gasteiger partial charge >= 0.3 is 0 Å². The van der Waals surface area contributed by atoms with Gasteiger partial charge in [-0.25, -0.2) is 0 Å². The molecule has 0 N–H and O–H groups in total. The van der Waals surface area contributed by atoms with Gasteiger partial charge in [0.05, 0.1) is 5.92 Å². The fourth-order valence-electron chi connectivity index (χ4n) is 3.41. The van der Waals surface area contributed by atoms with Crippen LogP contribution in [0, 0.1) is 22.0 Å². The van der Waals surface area contributed by atoms with Crippen molar-refractivity contribution in [1.29, 1.82) is 0 Å². The SMILES string of the molecule is O=C(c1ccc2c(c1)OCO2)[C@H](C[N+](=O)[O-])C1CCCCC1. The van der Waals surface area contributed by atoms with Gasteiger partial charge in [-0.3, -0.25) is 14.9 Å². The highest BCUT2D eigenvalue weighted by atomic mass is 16.7. The number of nitro groups is 1. The first-order chi connectivity index (χ1) is 10.6. The van der Waals surface area contributed by atoms with E-state index in [1.807, 2.05) is 0 Å². The van der Waals surface area contributed by atoms with Crippen LogP contribution >= 0.6 is 0 Å². The minimum atomic E-state index is -0.546. The minimum Gasteiger partial charge on any atom is -0.454 e. The van der Waals surface area contributed by atoms with Crippen molar-refractivity contribution in [3.05, 3.63) is 33.9 Å². The zero-order valence-corrected chi connectivity index (χ0v) is 12.3. The second kappa shape index (κ2) is 6.34. The molecule has 1 aliphatic heterocycles. The third-order valence-electron chi connectivity index (χ3n) is 4.56. The minimum absolute atomic E-state index is 0.108. The quantitative estimate of drug-likeness (QED) is 0.474. The van der Waals surface area contributed by atoms with Crippen LogP contribution < -0.4 is 9.47 Å². The highest BCUT2D eigenvalue weighted by Crippen LogP contribution is 2.36. The molecule has 1 saturated carbocycles. The molecule has 3 rings (SSSR count). The summed E-state index contributed by atoms with van der Waals surface area (Å²) in [6.07, 6.45) is 5.05. The van der Waals surface area contributed by atoms with E-state index in [1.165, 1.54) is 0 Å². The molecule has 0 bridgehead atoms. The van der Waals surface area contributed by atoms with E-state index >= 15 is 0 Å². The number of carbonyl (C=O) groups is 1. The number of Topliss-reactive ketones (excluding diaryl/α,β-unsaturated/α-hetero) is 1. The number of ether oxygens (including phenoxy) is 2. The lowest BCUT2D eigenvalue weighted by atomic mass is 9.76. The molecule has 6 heteroatoms. The number of ketones is 1. The van der Waals surface area contributed by atoms with Crippen LogP contribution in [0.15, 0.2) is 18.2 Å². The van der Waals surface area contributed by atoms with Crippen molar-refractivity contribution in [1.82, 2.24) is 0 Å². The second-order valence-corrected chi connectivity index (χ2v) is 5.95. The van der Waals surface area contributed by atoms with E-state index in [-0.39, 0.29) is 30.0 Å². The van der Waals surface area contributed by atoms with Crippen LogP contribution in [0.3, 0.4) is 0 Å². The van der Waals surface area contributed by atoms with Crippen LogP contribution in [-0.2, 0) is 0 Å². The van der Waals surface area contributed by atoms with Crippen molar-refractivity contribution in [3.8, 4) is 11.5 Å². The molecule has 1 aromatic rings. The van der Waals surface area contributed by atoms with Crippen LogP contribution in [0.5, 0.6) is 11.5 Å². The largest absolute Gasteiger partial charge is 0.454 e. The average molecular weight is 305 g/mol. The molecule has 6 nitrogen and oxygen atoms in total. The summed E-state index contributed by atoms with van der Waals surface area (Å²) >= 11 is 0. The number of carbonyl (C=O) groups excluding carboxylic acids is 1. The molecule has 1 heterocycles. The van der Waals surface area contributed by atoms with E-state index in [0.717, 1.165) is 32.1 Å². The number of benzene rings is 1. The fourth-order valence-corrected chi connectivity index (χ4v) is 3.41. The maximum Gasteiger partial charge on any atom is 0.231 e. The Kier molecular flexibility index (Phi) is 4.27. The van der Waals surface area contributed by atoms with E-state index in [1.54, 1.807) is 18.2 Å². The molecular formula is C16H19NO5. The second-order valence-electron chi connectivity index (χ2n) is 5.95. The van der Waals surface area contributed by atoms with Crippen molar-refractivity contribution in [2.24, 2.45) is 11.8 Å². The van der Waals surface area contributed by atoms with Crippen LogP contribution in [0.1, 0.15) is 42.5 Å². The van der Waals surface area contributed by atoms with Crippen molar-refractivity contribution in [2.45, 2.75) is 32.1 Å². The normalized spacial score (nSPS) is 18.9. The van der Waals surface area contributed by atoms with Crippen LogP contribution in [-0.4, -0.2) is 24.0 Å². The number of hydrogen-bond acceptors (Lipinski definition) is 5. The van der Waals surface area contributed by atoms with Gasteiger partial charge in [0.2, 0.25) is 13.3 Å². The van der Waals surface area contributed by atoms with Gasteiger partial charge < -0.3 is 9.47 Å². The topological polar surface area (TPSA) is 78.7 Å². The van der Waals surface area contributed by atoms with Crippen LogP contribution in [0.2, 0.25) is 0 Å². The summed E-state index contributed by atoms with van der Waals surface area (Å²) in [5, 5.41) is 11.0. The smallest absolute Gasteiger partial charge is 0.231 e. The predicted molar refractivity (Wildman–Crippen MR) is 78.8 cm³/mol. The Labute approximate surface area is 128 Å². The molecule has 1 aromatic carbocycles. The van der Waals surface area contributed by atoms with Crippen molar-refractivity contribution in [3.63, 3.8) is 0 Å². The summed E-state index contributed by atoms with van der Waals surface area (Å²) < 4.78 is 10.5. The van der Waals surface area contributed by atoms with E-state index in [0.29, 0.717) is 17.1 Å². The van der Waals surface area contributed by atoms with Crippen LogP contribution in [0.4, 0.5) is 0 Å². The zero-order valence-electron chi connectivity index (χ0n) is 12.3. The Hall–Kier alpha value is -2.11. The maximum atomic E-state index is 12.8. The Balaban J connectivity index is 1.82. The van der Waals surface area contributed by atoms with Gasteiger partial charge in [-0.1, -0.05) is 19.3 Å². The lowest BCUT2D eigenvalue weighted by molar-refractivity contribution is -0.487. The lowest BCUT2D eigenvalue weighted by Crippen LogP contribution is -2.32. The van der Waals surface area contributed by atoms with E-state index < -0.39 is 5.92 Å². The highest BCUT2D eigenvalue weighted by Gasteiger charge is 2.34. The van der Waals surface area contributed by atoms with Gasteiger partial charge in [-0.2, -0.15) is 0 Å². The highest BCUT2D eigenvalue weighted by molar-refractivity contribution is 5.98. The van der Waals surface area contributed by atoms with Gasteiger partial charge in [-0.05, 0) is 37.0 Å². The average Bonchev–Trinajstić information content (AvgIpc) is 3.00. The fraction of sp³-hybridized carbons (Fsp3) is 0.562. The number of rotatable bonds is 5. The van der Waals surface area contributed by atoms with Gasteiger partial charge in [-0.15, -0.1) is 0 Å². The van der Waals surface area contributed by atoms with Crippen molar-refractivity contribution in [2.75, 3.05) is 13.3 Å². The summed E-state index contributed by atoms with van der Waals surface area (Å²) in [5.74, 6) is 0.559. The summed E-state index contributed by atoms with van der Waals surface area (Å²) in [6, 6.07) is 5.01. The van der Waals surface area contributed by atoms with Gasteiger partial charge in [0, 0.05) is 10.5 Å². The van der Waals surface area contributed by atoms with Gasteiger partial charge in [0.1, 0.15) is 0 Å². The molecule has 22 heavy (non-hydrogen) atoms. The number of nitrogens with zero attached hydrogens (tertiary/aromatic N) is 1. The molecule has 0 unspecified atom stereocenters. The van der Waals surface area contributed by atoms with E-state index in [4.69, 9.17) is 9.47 Å². The maximum absolute atomic E-state index is 12.8. The third kappa shape index (κ3) is 3.05. The first kappa shape index (κ1) is 14.8. The molecule has 1 fully saturated rings. The summed E-state index contributed by atoms with van der Waals surface area (Å²) in [5.41, 5.74) is 0.474. The summed E-state index contributed by atoms with van der Waals surface area (Å²) in [7, 11) is 0. The van der Waals surface area contributed by atoms with Gasteiger partial charge in [0.15, 0.2) is 17.3 Å². The first-order valence-corrected chi connectivity index (χ1v) is 7.71. The van der Waals surface area contributed by atoms with Crippen molar-refractivity contribution < 1.29 is 19.2 Å². The third-order valence-corrected chi connectivity index (χ3v) is 4.56. The summed E-state index contributed by atoms with van der Waals surface area (Å²) in [4.78, 5) is 23.4. The van der Waals surface area contributed by atoms with E-state index in [2.05, 4.69) is 0 Å². The molecule has 0 saturated heterocycles. The molecule has 1 aliphatic carbocycles. The standard InChI is InChI=1S/C16H19NO5/c18-16(12-6-7-14-15(8-12)22-10-21-14)13(9-17(19)20)11-4-2-1-3-5-11/h6-8,11,13H,1-5,9-10H2/t13-/m1/s1. The molecular weight excluding hydrogens is 286 g/mol.